The van der Waals surface area contributed by atoms with Crippen molar-refractivity contribution in [3.8, 4) is 11.3 Å². The number of anilines is 1. The van der Waals surface area contributed by atoms with Crippen LogP contribution in [0.25, 0.3) is 11.3 Å². The monoisotopic (exact) mass is 359 g/mol. The fourth-order valence-electron chi connectivity index (χ4n) is 3.78. The maximum atomic E-state index is 13.0. The van der Waals surface area contributed by atoms with Crippen molar-refractivity contribution in [3.63, 3.8) is 0 Å². The largest absolute Gasteiger partial charge is 0.357 e. The number of thiazole rings is 1. The summed E-state index contributed by atoms with van der Waals surface area (Å²) in [5, 5.41) is 6.30. The molecule has 6 heteroatoms. The molecule has 1 aromatic heterocycles. The van der Waals surface area contributed by atoms with Crippen LogP contribution in [-0.2, 0) is 4.79 Å². The molecule has 1 aliphatic carbocycles. The summed E-state index contributed by atoms with van der Waals surface area (Å²) < 4.78 is 13.0. The van der Waals surface area contributed by atoms with E-state index in [4.69, 9.17) is 0 Å². The number of aromatic nitrogens is 1. The van der Waals surface area contributed by atoms with Gasteiger partial charge in [-0.3, -0.25) is 4.79 Å². The number of carbonyl (C=O) groups is 1. The predicted molar refractivity (Wildman–Crippen MR) is 98.1 cm³/mol. The minimum atomic E-state index is -0.240. The minimum absolute atomic E-state index is 0.240. The molecule has 1 amide bonds. The van der Waals surface area contributed by atoms with Gasteiger partial charge in [-0.25, -0.2) is 9.37 Å². The van der Waals surface area contributed by atoms with Crippen molar-refractivity contribution in [1.82, 2.24) is 9.88 Å². The van der Waals surface area contributed by atoms with Crippen LogP contribution in [-0.4, -0.2) is 34.9 Å². The molecule has 132 valence electrons. The van der Waals surface area contributed by atoms with E-state index >= 15 is 0 Å². The third kappa shape index (κ3) is 3.68. The highest BCUT2D eigenvalue weighted by Crippen LogP contribution is 2.29. The Morgan fingerprint density at radius 1 is 1.20 bits per heavy atom. The molecule has 1 aromatic carbocycles. The Balaban J connectivity index is 1.35. The van der Waals surface area contributed by atoms with Gasteiger partial charge in [-0.15, -0.1) is 11.3 Å². The van der Waals surface area contributed by atoms with E-state index in [1.54, 1.807) is 23.5 Å². The summed E-state index contributed by atoms with van der Waals surface area (Å²) in [5.74, 6) is 0.354. The van der Waals surface area contributed by atoms with Gasteiger partial charge in [-0.2, -0.15) is 0 Å². The summed E-state index contributed by atoms with van der Waals surface area (Å²) >= 11 is 1.55. The second kappa shape index (κ2) is 7.12. The fraction of sp³-hybridized carbons (Fsp3) is 0.474. The number of hydrogen-bond donors (Lipinski definition) is 1. The van der Waals surface area contributed by atoms with Crippen molar-refractivity contribution in [2.24, 2.45) is 5.92 Å². The third-order valence-corrected chi connectivity index (χ3v) is 5.95. The Labute approximate surface area is 151 Å². The molecule has 1 atom stereocenters. The lowest BCUT2D eigenvalue weighted by Crippen LogP contribution is -2.35. The number of likely N-dealkylation sites (tertiary alicyclic amines) is 1. The molecule has 25 heavy (non-hydrogen) atoms. The Morgan fingerprint density at radius 3 is 2.72 bits per heavy atom. The van der Waals surface area contributed by atoms with Crippen molar-refractivity contribution in [1.29, 1.82) is 0 Å². The van der Waals surface area contributed by atoms with Gasteiger partial charge in [0.1, 0.15) is 5.82 Å². The summed E-state index contributed by atoms with van der Waals surface area (Å²) in [6, 6.07) is 6.64. The lowest BCUT2D eigenvalue weighted by Gasteiger charge is -2.20. The van der Waals surface area contributed by atoms with Gasteiger partial charge >= 0.3 is 0 Å². The Kier molecular flexibility index (Phi) is 4.70. The molecule has 2 heterocycles. The standard InChI is InChI=1S/C19H22FN3OS/c20-15-7-5-13(6-8-15)17-12-25-19(22-17)21-16-9-10-23(11-16)18(24)14-3-1-2-4-14/h5-8,12,14,16H,1-4,9-11H2,(H,21,22). The molecule has 1 aliphatic heterocycles. The topological polar surface area (TPSA) is 45.2 Å². The highest BCUT2D eigenvalue weighted by Gasteiger charge is 2.32. The molecule has 1 saturated heterocycles. The molecule has 2 aliphatic rings. The van der Waals surface area contributed by atoms with E-state index < -0.39 is 0 Å². The van der Waals surface area contributed by atoms with E-state index in [9.17, 15) is 9.18 Å². The van der Waals surface area contributed by atoms with Crippen LogP contribution in [0.1, 0.15) is 32.1 Å². The Morgan fingerprint density at radius 2 is 1.96 bits per heavy atom. The molecule has 4 rings (SSSR count). The summed E-state index contributed by atoms with van der Waals surface area (Å²) in [5.41, 5.74) is 1.76. The smallest absolute Gasteiger partial charge is 0.225 e. The average molecular weight is 359 g/mol. The molecular weight excluding hydrogens is 337 g/mol. The van der Waals surface area contributed by atoms with Crippen LogP contribution < -0.4 is 5.32 Å². The summed E-state index contributed by atoms with van der Waals surface area (Å²) in [6.45, 7) is 1.60. The second-order valence-electron chi connectivity index (χ2n) is 6.94. The minimum Gasteiger partial charge on any atom is -0.357 e. The normalized spacial score (nSPS) is 21.0. The molecule has 0 spiro atoms. The lowest BCUT2D eigenvalue weighted by molar-refractivity contribution is -0.134. The number of hydrogen-bond acceptors (Lipinski definition) is 4. The van der Waals surface area contributed by atoms with Gasteiger partial charge in [0, 0.05) is 36.0 Å². The Hall–Kier alpha value is -1.95. The first-order chi connectivity index (χ1) is 12.2. The van der Waals surface area contributed by atoms with E-state index in [1.165, 1.54) is 25.0 Å². The molecule has 2 fully saturated rings. The summed E-state index contributed by atoms with van der Waals surface area (Å²) in [6.07, 6.45) is 5.46. The third-order valence-electron chi connectivity index (χ3n) is 5.18. The fourth-order valence-corrected chi connectivity index (χ4v) is 4.57. The van der Waals surface area contributed by atoms with Crippen LogP contribution in [0.5, 0.6) is 0 Å². The highest BCUT2D eigenvalue weighted by molar-refractivity contribution is 7.14. The predicted octanol–water partition coefficient (Wildman–Crippen LogP) is 4.15. The van der Waals surface area contributed by atoms with Crippen molar-refractivity contribution in [2.75, 3.05) is 18.4 Å². The zero-order valence-electron chi connectivity index (χ0n) is 14.1. The van der Waals surface area contributed by atoms with Gasteiger partial charge in [0.2, 0.25) is 5.91 Å². The van der Waals surface area contributed by atoms with Crippen LogP contribution in [0, 0.1) is 11.7 Å². The van der Waals surface area contributed by atoms with Crippen LogP contribution in [0.15, 0.2) is 29.6 Å². The number of benzene rings is 1. The second-order valence-corrected chi connectivity index (χ2v) is 7.80. The van der Waals surface area contributed by atoms with Crippen LogP contribution in [0.3, 0.4) is 0 Å². The highest BCUT2D eigenvalue weighted by atomic mass is 32.1. The quantitative estimate of drug-likeness (QED) is 0.892. The van der Waals surface area contributed by atoms with Crippen LogP contribution in [0.4, 0.5) is 9.52 Å². The first kappa shape index (κ1) is 16.5. The van der Waals surface area contributed by atoms with E-state index in [0.717, 1.165) is 48.7 Å². The van der Waals surface area contributed by atoms with E-state index in [-0.39, 0.29) is 17.8 Å². The molecule has 0 radical (unpaired) electrons. The molecule has 1 saturated carbocycles. The van der Waals surface area contributed by atoms with Gasteiger partial charge < -0.3 is 10.2 Å². The number of amides is 1. The molecule has 1 N–H and O–H groups in total. The average Bonchev–Trinajstić information content (AvgIpc) is 3.37. The molecule has 4 nitrogen and oxygen atoms in total. The summed E-state index contributed by atoms with van der Waals surface area (Å²) in [4.78, 5) is 19.1. The van der Waals surface area contributed by atoms with Gasteiger partial charge in [-0.1, -0.05) is 12.8 Å². The van der Waals surface area contributed by atoms with E-state index in [0.29, 0.717) is 5.91 Å². The molecule has 2 aromatic rings. The van der Waals surface area contributed by atoms with E-state index in [1.807, 2.05) is 10.3 Å². The van der Waals surface area contributed by atoms with Gasteiger partial charge in [0.05, 0.1) is 5.69 Å². The number of nitrogens with one attached hydrogen (secondary N) is 1. The SMILES string of the molecule is O=C(C1CCCC1)N1CCC(Nc2nc(-c3ccc(F)cc3)cs2)C1. The molecule has 0 bridgehead atoms. The zero-order chi connectivity index (χ0) is 17.2. The van der Waals surface area contributed by atoms with Crippen molar-refractivity contribution >= 4 is 22.4 Å². The van der Waals surface area contributed by atoms with Gasteiger partial charge in [-0.05, 0) is 43.5 Å². The van der Waals surface area contributed by atoms with Crippen LogP contribution >= 0.6 is 11.3 Å². The molecular formula is C19H22FN3OS. The Bertz CT molecular complexity index is 739. The maximum absolute atomic E-state index is 13.0. The van der Waals surface area contributed by atoms with Crippen molar-refractivity contribution in [2.45, 2.75) is 38.1 Å². The van der Waals surface area contributed by atoms with E-state index in [2.05, 4.69) is 10.3 Å². The number of halogens is 1. The summed E-state index contributed by atoms with van der Waals surface area (Å²) in [7, 11) is 0. The first-order valence-corrected chi connectivity index (χ1v) is 9.84. The zero-order valence-corrected chi connectivity index (χ0v) is 14.9. The number of carbonyl (C=O) groups excluding carboxylic acids is 1. The lowest BCUT2D eigenvalue weighted by atomic mass is 10.1. The van der Waals surface area contributed by atoms with Crippen molar-refractivity contribution in [3.05, 3.63) is 35.5 Å². The number of rotatable bonds is 4. The maximum Gasteiger partial charge on any atom is 0.225 e. The van der Waals surface area contributed by atoms with Crippen LogP contribution in [0.2, 0.25) is 0 Å². The van der Waals surface area contributed by atoms with Gasteiger partial charge in [0.25, 0.3) is 0 Å². The van der Waals surface area contributed by atoms with Crippen molar-refractivity contribution < 1.29 is 9.18 Å². The number of nitrogens with zero attached hydrogens (tertiary/aromatic N) is 2. The van der Waals surface area contributed by atoms with Gasteiger partial charge in [0.15, 0.2) is 5.13 Å². The first-order valence-electron chi connectivity index (χ1n) is 8.96. The molecule has 1 unspecified atom stereocenters.